The number of likely N-dealkylation sites (N-methyl/N-ethyl adjacent to an activating group) is 1. The highest BCUT2D eigenvalue weighted by atomic mass is 16.2. The predicted molar refractivity (Wildman–Crippen MR) is 93.8 cm³/mol. The van der Waals surface area contributed by atoms with Gasteiger partial charge in [0, 0.05) is 71.1 Å². The van der Waals surface area contributed by atoms with Crippen LogP contribution in [0.3, 0.4) is 0 Å². The van der Waals surface area contributed by atoms with Crippen LogP contribution in [-0.4, -0.2) is 60.9 Å². The van der Waals surface area contributed by atoms with E-state index in [2.05, 4.69) is 27.5 Å². The molecule has 7 heteroatoms. The molecule has 1 spiro atoms. The van der Waals surface area contributed by atoms with Crippen LogP contribution in [0.15, 0.2) is 24.8 Å². The van der Waals surface area contributed by atoms with Gasteiger partial charge < -0.3 is 4.90 Å². The molecule has 2 saturated heterocycles. The van der Waals surface area contributed by atoms with Crippen molar-refractivity contribution in [2.75, 3.05) is 20.1 Å². The van der Waals surface area contributed by atoms with E-state index in [0.717, 1.165) is 32.5 Å². The van der Waals surface area contributed by atoms with E-state index in [4.69, 9.17) is 0 Å². The van der Waals surface area contributed by atoms with Gasteiger partial charge in [-0.3, -0.25) is 19.1 Å². The Morgan fingerprint density at radius 3 is 2.36 bits per heavy atom. The lowest BCUT2D eigenvalue weighted by Crippen LogP contribution is -2.53. The third kappa shape index (κ3) is 2.76. The zero-order chi connectivity index (χ0) is 17.6. The summed E-state index contributed by atoms with van der Waals surface area (Å²) in [6.45, 7) is 2.94. The van der Waals surface area contributed by atoms with Gasteiger partial charge in [-0.2, -0.15) is 10.2 Å². The molecule has 25 heavy (non-hydrogen) atoms. The van der Waals surface area contributed by atoms with Gasteiger partial charge in [-0.05, 0) is 18.4 Å². The Morgan fingerprint density at radius 1 is 1.08 bits per heavy atom. The van der Waals surface area contributed by atoms with E-state index < -0.39 is 0 Å². The summed E-state index contributed by atoms with van der Waals surface area (Å²) in [5, 5.41) is 8.59. The summed E-state index contributed by atoms with van der Waals surface area (Å²) >= 11 is 0. The normalized spacial score (nSPS) is 23.7. The Labute approximate surface area is 148 Å². The minimum absolute atomic E-state index is 0.0639. The largest absolute Gasteiger partial charge is 0.339 e. The lowest BCUT2D eigenvalue weighted by Gasteiger charge is -2.46. The molecule has 1 amide bonds. The lowest BCUT2D eigenvalue weighted by atomic mass is 9.74. The molecular formula is C18H26N6O. The van der Waals surface area contributed by atoms with E-state index in [-0.39, 0.29) is 17.4 Å². The average molecular weight is 342 g/mol. The number of aromatic nitrogens is 4. The molecule has 0 saturated carbocycles. The summed E-state index contributed by atoms with van der Waals surface area (Å²) in [5.41, 5.74) is 2.38. The van der Waals surface area contributed by atoms with Crippen molar-refractivity contribution in [1.82, 2.24) is 29.4 Å². The summed E-state index contributed by atoms with van der Waals surface area (Å²) in [6.07, 6.45) is 10.6. The van der Waals surface area contributed by atoms with E-state index in [1.54, 1.807) is 0 Å². The number of carbonyl (C=O) groups is 1. The molecule has 7 nitrogen and oxygen atoms in total. The monoisotopic (exact) mass is 342 g/mol. The summed E-state index contributed by atoms with van der Waals surface area (Å²) in [7, 11) is 5.87. The van der Waals surface area contributed by atoms with Gasteiger partial charge in [-0.1, -0.05) is 0 Å². The SMILES string of the molecule is CN1C(=O)C[C@@H](c2cnn(C)c2)C12CCN(Cc1cnn(C)c1)CC2. The van der Waals surface area contributed by atoms with Crippen molar-refractivity contribution in [3.8, 4) is 0 Å². The predicted octanol–water partition coefficient (Wildman–Crippen LogP) is 1.13. The summed E-state index contributed by atoms with van der Waals surface area (Å²) in [6, 6.07) is 0. The Hall–Kier alpha value is -2.15. The molecule has 2 aromatic heterocycles. The molecule has 0 aliphatic carbocycles. The molecule has 4 heterocycles. The Morgan fingerprint density at radius 2 is 1.76 bits per heavy atom. The van der Waals surface area contributed by atoms with Crippen molar-refractivity contribution in [3.63, 3.8) is 0 Å². The van der Waals surface area contributed by atoms with Crippen LogP contribution < -0.4 is 0 Å². The number of amides is 1. The molecule has 1 atom stereocenters. The standard InChI is InChI=1S/C18H26N6O/c1-21-11-14(9-19-21)12-24-6-4-18(5-7-24)16(8-17(25)23(18)3)15-10-20-22(2)13-15/h9-11,13,16H,4-8,12H2,1-3H3/t16-/m0/s1. The van der Waals surface area contributed by atoms with Gasteiger partial charge in [-0.15, -0.1) is 0 Å². The van der Waals surface area contributed by atoms with Crippen LogP contribution in [0.25, 0.3) is 0 Å². The average Bonchev–Trinajstić information content (AvgIpc) is 3.26. The number of likely N-dealkylation sites (tertiary alicyclic amines) is 2. The van der Waals surface area contributed by atoms with Crippen LogP contribution >= 0.6 is 0 Å². The van der Waals surface area contributed by atoms with Crippen LogP contribution in [0, 0.1) is 0 Å². The molecule has 2 aliphatic rings. The maximum Gasteiger partial charge on any atom is 0.223 e. The van der Waals surface area contributed by atoms with Gasteiger partial charge >= 0.3 is 0 Å². The minimum atomic E-state index is -0.0639. The molecule has 0 aromatic carbocycles. The fraction of sp³-hybridized carbons (Fsp3) is 0.611. The van der Waals surface area contributed by atoms with Crippen LogP contribution in [-0.2, 0) is 25.4 Å². The summed E-state index contributed by atoms with van der Waals surface area (Å²) in [4.78, 5) is 17.0. The van der Waals surface area contributed by atoms with Gasteiger partial charge in [-0.25, -0.2) is 0 Å². The van der Waals surface area contributed by atoms with Gasteiger partial charge in [0.05, 0.1) is 17.9 Å². The van der Waals surface area contributed by atoms with Crippen molar-refractivity contribution >= 4 is 5.91 Å². The van der Waals surface area contributed by atoms with Crippen molar-refractivity contribution in [2.24, 2.45) is 14.1 Å². The minimum Gasteiger partial charge on any atom is -0.339 e. The van der Waals surface area contributed by atoms with E-state index in [1.807, 2.05) is 47.8 Å². The lowest BCUT2D eigenvalue weighted by molar-refractivity contribution is -0.130. The first kappa shape index (κ1) is 16.3. The third-order valence-electron chi connectivity index (χ3n) is 6.08. The van der Waals surface area contributed by atoms with Gasteiger partial charge in [0.25, 0.3) is 0 Å². The number of hydrogen-bond donors (Lipinski definition) is 0. The van der Waals surface area contributed by atoms with Crippen molar-refractivity contribution in [1.29, 1.82) is 0 Å². The van der Waals surface area contributed by atoms with E-state index in [9.17, 15) is 4.79 Å². The number of rotatable bonds is 3. The second-order valence-electron chi connectivity index (χ2n) is 7.56. The fourth-order valence-electron chi connectivity index (χ4n) is 4.63. The highest BCUT2D eigenvalue weighted by Gasteiger charge is 2.52. The Bertz CT molecular complexity index is 770. The van der Waals surface area contributed by atoms with Crippen LogP contribution in [0.1, 0.15) is 36.3 Å². The summed E-state index contributed by atoms with van der Waals surface area (Å²) < 4.78 is 3.69. The fourth-order valence-corrected chi connectivity index (χ4v) is 4.63. The first-order valence-electron chi connectivity index (χ1n) is 8.93. The molecule has 134 valence electrons. The maximum absolute atomic E-state index is 12.5. The first-order chi connectivity index (χ1) is 12.0. The first-order valence-corrected chi connectivity index (χ1v) is 8.93. The summed E-state index contributed by atoms with van der Waals surface area (Å²) in [5.74, 6) is 0.508. The molecule has 0 N–H and O–H groups in total. The number of carbonyl (C=O) groups excluding carboxylic acids is 1. The highest BCUT2D eigenvalue weighted by Crippen LogP contribution is 2.48. The number of aryl methyl sites for hydroxylation is 2. The molecular weight excluding hydrogens is 316 g/mol. The Balaban J connectivity index is 1.51. The smallest absolute Gasteiger partial charge is 0.223 e. The number of piperidine rings is 1. The van der Waals surface area contributed by atoms with Crippen molar-refractivity contribution < 1.29 is 4.79 Å². The van der Waals surface area contributed by atoms with E-state index in [0.29, 0.717) is 6.42 Å². The van der Waals surface area contributed by atoms with E-state index >= 15 is 0 Å². The second kappa shape index (κ2) is 5.98. The third-order valence-corrected chi connectivity index (χ3v) is 6.08. The molecule has 4 rings (SSSR count). The topological polar surface area (TPSA) is 59.2 Å². The number of hydrogen-bond acceptors (Lipinski definition) is 4. The second-order valence-corrected chi connectivity index (χ2v) is 7.56. The molecule has 0 radical (unpaired) electrons. The maximum atomic E-state index is 12.5. The van der Waals surface area contributed by atoms with E-state index in [1.165, 1.54) is 11.1 Å². The van der Waals surface area contributed by atoms with Crippen molar-refractivity contribution in [2.45, 2.75) is 37.3 Å². The van der Waals surface area contributed by atoms with Gasteiger partial charge in [0.1, 0.15) is 0 Å². The van der Waals surface area contributed by atoms with Crippen molar-refractivity contribution in [3.05, 3.63) is 35.9 Å². The Kier molecular flexibility index (Phi) is 3.91. The van der Waals surface area contributed by atoms with Gasteiger partial charge in [0.15, 0.2) is 0 Å². The highest BCUT2D eigenvalue weighted by molar-refractivity contribution is 5.81. The molecule has 2 aromatic rings. The quantitative estimate of drug-likeness (QED) is 0.839. The molecule has 0 bridgehead atoms. The zero-order valence-electron chi connectivity index (χ0n) is 15.2. The van der Waals surface area contributed by atoms with Gasteiger partial charge in [0.2, 0.25) is 5.91 Å². The zero-order valence-corrected chi connectivity index (χ0v) is 15.2. The molecule has 2 fully saturated rings. The van der Waals surface area contributed by atoms with Crippen LogP contribution in [0.2, 0.25) is 0 Å². The molecule has 0 unspecified atom stereocenters. The van der Waals surface area contributed by atoms with Crippen LogP contribution in [0.4, 0.5) is 0 Å². The van der Waals surface area contributed by atoms with Crippen LogP contribution in [0.5, 0.6) is 0 Å². The number of nitrogens with zero attached hydrogens (tertiary/aromatic N) is 6. The molecule has 2 aliphatic heterocycles.